The van der Waals surface area contributed by atoms with E-state index in [2.05, 4.69) is 34.7 Å². The van der Waals surface area contributed by atoms with Gasteiger partial charge in [0.15, 0.2) is 16.7 Å². The van der Waals surface area contributed by atoms with Crippen molar-refractivity contribution in [3.63, 3.8) is 0 Å². The molecule has 0 saturated heterocycles. The molecule has 0 radical (unpaired) electrons. The summed E-state index contributed by atoms with van der Waals surface area (Å²) in [6.07, 6.45) is 1.58. The van der Waals surface area contributed by atoms with Gasteiger partial charge in [-0.3, -0.25) is 14.7 Å². The number of carbonyl (C=O) groups is 2. The van der Waals surface area contributed by atoms with Crippen LogP contribution in [0.15, 0.2) is 28.0 Å². The monoisotopic (exact) mass is 365 g/mol. The number of imide groups is 1. The molecular weight excluding hydrogens is 342 g/mol. The summed E-state index contributed by atoms with van der Waals surface area (Å²) in [5.74, 6) is 1.30. The lowest BCUT2D eigenvalue weighted by Crippen LogP contribution is -2.43. The molecule has 0 aromatic carbocycles. The van der Waals surface area contributed by atoms with Crippen LogP contribution in [-0.4, -0.2) is 38.5 Å². The van der Waals surface area contributed by atoms with Crippen LogP contribution in [0.25, 0.3) is 11.6 Å². The summed E-state index contributed by atoms with van der Waals surface area (Å²) >= 11 is 1.23. The SMILES string of the molecule is CC(C)Cn1c(SCC(=O)NC(=O)NC(C)C)nnc1-c1ccco1. The summed E-state index contributed by atoms with van der Waals surface area (Å²) in [5, 5.41) is 13.8. The maximum Gasteiger partial charge on any atom is 0.321 e. The van der Waals surface area contributed by atoms with Gasteiger partial charge >= 0.3 is 6.03 Å². The van der Waals surface area contributed by atoms with Gasteiger partial charge in [-0.1, -0.05) is 25.6 Å². The predicted molar refractivity (Wildman–Crippen MR) is 95.1 cm³/mol. The molecule has 0 aliphatic carbocycles. The Hall–Kier alpha value is -2.29. The highest BCUT2D eigenvalue weighted by Crippen LogP contribution is 2.25. The molecule has 2 heterocycles. The molecule has 9 heteroatoms. The predicted octanol–water partition coefficient (Wildman–Crippen LogP) is 2.52. The summed E-state index contributed by atoms with van der Waals surface area (Å²) in [6.45, 7) is 8.51. The summed E-state index contributed by atoms with van der Waals surface area (Å²) < 4.78 is 7.33. The fourth-order valence-corrected chi connectivity index (χ4v) is 2.85. The highest BCUT2D eigenvalue weighted by Gasteiger charge is 2.18. The van der Waals surface area contributed by atoms with Crippen molar-refractivity contribution in [2.45, 2.75) is 45.4 Å². The number of furan rings is 1. The van der Waals surface area contributed by atoms with Gasteiger partial charge in [-0.2, -0.15) is 0 Å². The van der Waals surface area contributed by atoms with Gasteiger partial charge in [0.25, 0.3) is 0 Å². The molecule has 2 aromatic rings. The summed E-state index contributed by atoms with van der Waals surface area (Å²) in [7, 11) is 0. The van der Waals surface area contributed by atoms with Gasteiger partial charge in [-0.05, 0) is 31.9 Å². The quantitative estimate of drug-likeness (QED) is 0.731. The van der Waals surface area contributed by atoms with Gasteiger partial charge in [0.1, 0.15) is 0 Å². The molecule has 8 nitrogen and oxygen atoms in total. The van der Waals surface area contributed by atoms with Crippen molar-refractivity contribution in [1.29, 1.82) is 0 Å². The number of nitrogens with zero attached hydrogens (tertiary/aromatic N) is 3. The Bertz CT molecular complexity index is 709. The Labute approximate surface area is 150 Å². The molecule has 0 unspecified atom stereocenters. The van der Waals surface area contributed by atoms with Gasteiger partial charge in [0.05, 0.1) is 12.0 Å². The first-order valence-electron chi connectivity index (χ1n) is 8.07. The van der Waals surface area contributed by atoms with E-state index in [9.17, 15) is 9.59 Å². The van der Waals surface area contributed by atoms with E-state index in [1.54, 1.807) is 12.3 Å². The zero-order chi connectivity index (χ0) is 18.4. The number of rotatable bonds is 7. The van der Waals surface area contributed by atoms with E-state index in [4.69, 9.17) is 4.42 Å². The van der Waals surface area contributed by atoms with Crippen LogP contribution in [0.3, 0.4) is 0 Å². The molecule has 3 amide bonds. The average molecular weight is 365 g/mol. The average Bonchev–Trinajstić information content (AvgIpc) is 3.13. The van der Waals surface area contributed by atoms with Crippen molar-refractivity contribution in [3.8, 4) is 11.6 Å². The zero-order valence-electron chi connectivity index (χ0n) is 14.8. The standard InChI is InChI=1S/C16H23N5O3S/c1-10(2)8-21-14(12-6-5-7-24-12)19-20-16(21)25-9-13(22)18-15(23)17-11(3)4/h5-7,10-11H,8-9H2,1-4H3,(H2,17,18,22,23). The summed E-state index contributed by atoms with van der Waals surface area (Å²) in [6, 6.07) is 3.07. The highest BCUT2D eigenvalue weighted by molar-refractivity contribution is 7.99. The second kappa shape index (κ2) is 8.70. The van der Waals surface area contributed by atoms with E-state index in [0.717, 1.165) is 0 Å². The third kappa shape index (κ3) is 5.63. The molecule has 0 atom stereocenters. The molecule has 2 rings (SSSR count). The number of thioether (sulfide) groups is 1. The fraction of sp³-hybridized carbons (Fsp3) is 0.500. The lowest BCUT2D eigenvalue weighted by atomic mass is 10.2. The molecule has 136 valence electrons. The minimum absolute atomic E-state index is 0.0366. The number of amides is 3. The van der Waals surface area contributed by atoms with Gasteiger partial charge in [0.2, 0.25) is 5.91 Å². The van der Waals surface area contributed by atoms with Crippen LogP contribution in [0.1, 0.15) is 27.7 Å². The van der Waals surface area contributed by atoms with E-state index in [1.807, 2.05) is 24.5 Å². The van der Waals surface area contributed by atoms with Crippen LogP contribution in [0, 0.1) is 5.92 Å². The normalized spacial score (nSPS) is 11.1. The second-order valence-corrected chi connectivity index (χ2v) is 7.20. The van der Waals surface area contributed by atoms with Crippen LogP contribution in [-0.2, 0) is 11.3 Å². The molecular formula is C16H23N5O3S. The Kier molecular flexibility index (Phi) is 6.63. The molecule has 2 N–H and O–H groups in total. The van der Waals surface area contributed by atoms with E-state index in [-0.39, 0.29) is 17.7 Å². The molecule has 0 saturated carbocycles. The lowest BCUT2D eigenvalue weighted by molar-refractivity contribution is -0.117. The second-order valence-electron chi connectivity index (χ2n) is 6.25. The number of carbonyl (C=O) groups excluding carboxylic acids is 2. The lowest BCUT2D eigenvalue weighted by Gasteiger charge is -2.11. The first-order valence-corrected chi connectivity index (χ1v) is 9.05. The van der Waals surface area contributed by atoms with Crippen molar-refractivity contribution in [2.24, 2.45) is 5.92 Å². The molecule has 0 aliphatic heterocycles. The van der Waals surface area contributed by atoms with Gasteiger partial charge < -0.3 is 9.73 Å². The van der Waals surface area contributed by atoms with Crippen LogP contribution < -0.4 is 10.6 Å². The number of hydrogen-bond acceptors (Lipinski definition) is 6. The van der Waals surface area contributed by atoms with Crippen molar-refractivity contribution in [3.05, 3.63) is 18.4 Å². The molecule has 0 spiro atoms. The van der Waals surface area contributed by atoms with Crippen LogP contribution in [0.4, 0.5) is 4.79 Å². The van der Waals surface area contributed by atoms with Gasteiger partial charge in [-0.15, -0.1) is 10.2 Å². The number of urea groups is 1. The number of aromatic nitrogens is 3. The first kappa shape index (κ1) is 19.0. The summed E-state index contributed by atoms with van der Waals surface area (Å²) in [4.78, 5) is 23.5. The maximum atomic E-state index is 11.9. The molecule has 0 bridgehead atoms. The minimum atomic E-state index is -0.500. The third-order valence-electron chi connectivity index (χ3n) is 3.01. The van der Waals surface area contributed by atoms with Crippen molar-refractivity contribution in [1.82, 2.24) is 25.4 Å². The Morgan fingerprint density at radius 2 is 2.04 bits per heavy atom. The maximum absolute atomic E-state index is 11.9. The van der Waals surface area contributed by atoms with E-state index >= 15 is 0 Å². The minimum Gasteiger partial charge on any atom is -0.461 e. The van der Waals surface area contributed by atoms with Gasteiger partial charge in [-0.25, -0.2) is 4.79 Å². The first-order chi connectivity index (χ1) is 11.9. The summed E-state index contributed by atoms with van der Waals surface area (Å²) in [5.41, 5.74) is 0. The Morgan fingerprint density at radius 1 is 1.28 bits per heavy atom. The van der Waals surface area contributed by atoms with E-state index in [1.165, 1.54) is 11.8 Å². The fourth-order valence-electron chi connectivity index (χ4n) is 2.10. The molecule has 0 fully saturated rings. The smallest absolute Gasteiger partial charge is 0.321 e. The van der Waals surface area contributed by atoms with Crippen LogP contribution in [0.5, 0.6) is 0 Å². The highest BCUT2D eigenvalue weighted by atomic mass is 32.2. The third-order valence-corrected chi connectivity index (χ3v) is 3.98. The number of hydrogen-bond donors (Lipinski definition) is 2. The Balaban J connectivity index is 2.04. The topological polar surface area (TPSA) is 102 Å². The van der Waals surface area contributed by atoms with Crippen molar-refractivity contribution < 1.29 is 14.0 Å². The van der Waals surface area contributed by atoms with Crippen molar-refractivity contribution in [2.75, 3.05) is 5.75 Å². The van der Waals surface area contributed by atoms with Gasteiger partial charge in [0, 0.05) is 12.6 Å². The van der Waals surface area contributed by atoms with E-state index in [0.29, 0.717) is 29.2 Å². The number of nitrogens with one attached hydrogen (secondary N) is 2. The van der Waals surface area contributed by atoms with E-state index < -0.39 is 6.03 Å². The molecule has 2 aromatic heterocycles. The largest absolute Gasteiger partial charge is 0.461 e. The molecule has 25 heavy (non-hydrogen) atoms. The van der Waals surface area contributed by atoms with Crippen molar-refractivity contribution >= 4 is 23.7 Å². The zero-order valence-corrected chi connectivity index (χ0v) is 15.6. The molecule has 0 aliphatic rings. The van der Waals surface area contributed by atoms with Crippen LogP contribution >= 0.6 is 11.8 Å². The Morgan fingerprint density at radius 3 is 2.64 bits per heavy atom. The van der Waals surface area contributed by atoms with Crippen LogP contribution in [0.2, 0.25) is 0 Å².